The summed E-state index contributed by atoms with van der Waals surface area (Å²) in [6.07, 6.45) is 2.16. The fourth-order valence-corrected chi connectivity index (χ4v) is 12.9. The molecule has 0 bridgehead atoms. The van der Waals surface area contributed by atoms with Crippen LogP contribution < -0.4 is 31.9 Å². The lowest BCUT2D eigenvalue weighted by Gasteiger charge is -2.41. The van der Waals surface area contributed by atoms with Crippen LogP contribution in [0.25, 0.3) is 0 Å². The molecule has 29 nitrogen and oxygen atoms in total. The van der Waals surface area contributed by atoms with E-state index in [2.05, 4.69) is 31.9 Å². The Balaban J connectivity index is 1.12. The number of hydrogen-bond donors (Lipinski definition) is 7. The van der Waals surface area contributed by atoms with Crippen LogP contribution >= 0.6 is 0 Å². The number of methoxy groups -OCH3 is 2. The molecule has 5 rings (SSSR count). The summed E-state index contributed by atoms with van der Waals surface area (Å²) in [5.41, 5.74) is 1.33. The number of carbonyl (C=O) groups excluding carboxylic acids is 12. The summed E-state index contributed by atoms with van der Waals surface area (Å²) >= 11 is 0. The molecule has 3 heterocycles. The summed E-state index contributed by atoms with van der Waals surface area (Å²) in [6, 6.07) is 12.6. The highest BCUT2D eigenvalue weighted by atomic mass is 16.5. The molecule has 0 spiro atoms. The lowest BCUT2D eigenvalue weighted by atomic mass is 9.89. The number of aliphatic hydroxyl groups excluding tert-OH is 1. The van der Waals surface area contributed by atoms with Crippen molar-refractivity contribution in [1.82, 2.24) is 61.3 Å². The van der Waals surface area contributed by atoms with Gasteiger partial charge in [-0.3, -0.25) is 67.3 Å². The standard InChI is InChI=1S/C72H110N12O17/c1-13-48(6)66(55(98-11)41-62(91)83-30-20-26-54(83)68(99-12)49(7)69(94)76-50(8)67(93)52-24-18-15-19-25-52)80(10)72(97)64(46(2)3)78-71(96)65(47(4)5)79(9)63(92)44-75-70(95)53(40-51-22-16-14-17-23-51)77-57(86)43-73-56(85)42-74-58(87)45-81-32-36-100-38-34-82(35-39-101-37-33-81)59(88)27-21-31-84-60(89)28-29-61(84)90/h14-19,22-25,28-29,46-50,53-55,64-68,93H,13,20-21,26-27,30-45H2,1-12H3,(H,73,85)(H,74,87)(H,75,95)(H,76,94)(H,77,86)(H,78,96)/t48-,49+,50+,53-,54+,55+,64-,65-,66-,67+,68+/m0/s1. The fraction of sp³-hybridized carbons (Fsp3) is 0.639. The van der Waals surface area contributed by atoms with Gasteiger partial charge < -0.3 is 75.6 Å². The van der Waals surface area contributed by atoms with Gasteiger partial charge in [-0.25, -0.2) is 0 Å². The van der Waals surface area contributed by atoms with E-state index in [1.165, 1.54) is 43.2 Å². The number of hydrogen-bond acceptors (Lipinski definition) is 18. The van der Waals surface area contributed by atoms with Crippen LogP contribution in [-0.2, 0) is 82.9 Å². The topological polar surface area (TPSA) is 354 Å². The number of amides is 12. The fourth-order valence-electron chi connectivity index (χ4n) is 12.9. The van der Waals surface area contributed by atoms with Gasteiger partial charge in [-0.2, -0.15) is 0 Å². The van der Waals surface area contributed by atoms with Gasteiger partial charge in [0, 0.05) is 92.6 Å². The van der Waals surface area contributed by atoms with Crippen molar-refractivity contribution < 1.29 is 81.6 Å². The lowest BCUT2D eigenvalue weighted by molar-refractivity contribution is -0.148. The normalized spacial score (nSPS) is 18.5. The average molecular weight is 1420 g/mol. The number of nitrogens with one attached hydrogen (secondary N) is 6. The molecule has 0 aliphatic carbocycles. The molecule has 11 atom stereocenters. The predicted octanol–water partition coefficient (Wildman–Crippen LogP) is 0.727. The molecular weight excluding hydrogens is 1300 g/mol. The largest absolute Gasteiger partial charge is 0.386 e. The number of likely N-dealkylation sites (N-methyl/N-ethyl adjacent to an activating group) is 2. The van der Waals surface area contributed by atoms with Crippen molar-refractivity contribution in [3.8, 4) is 0 Å². The first-order valence-corrected chi connectivity index (χ1v) is 35.2. The Morgan fingerprint density at radius 3 is 1.83 bits per heavy atom. The van der Waals surface area contributed by atoms with Crippen LogP contribution in [0.3, 0.4) is 0 Å². The summed E-state index contributed by atoms with van der Waals surface area (Å²) in [5.74, 6) is -7.77. The second-order valence-corrected chi connectivity index (χ2v) is 26.9. The molecule has 2 aromatic rings. The average Bonchev–Trinajstić information content (AvgIpc) is 1.79. The minimum Gasteiger partial charge on any atom is -0.386 e. The summed E-state index contributed by atoms with van der Waals surface area (Å²) in [7, 11) is 6.03. The lowest BCUT2D eigenvalue weighted by Crippen LogP contribution is -2.61. The number of rotatable bonds is 36. The van der Waals surface area contributed by atoms with Gasteiger partial charge >= 0.3 is 0 Å². The van der Waals surface area contributed by atoms with E-state index in [9.17, 15) is 62.6 Å². The molecular formula is C72H110N12O17. The van der Waals surface area contributed by atoms with E-state index in [1.807, 2.05) is 32.0 Å². The van der Waals surface area contributed by atoms with E-state index < -0.39 is 145 Å². The van der Waals surface area contributed by atoms with E-state index >= 15 is 0 Å². The zero-order valence-corrected chi connectivity index (χ0v) is 60.9. The Morgan fingerprint density at radius 2 is 1.25 bits per heavy atom. The molecule has 2 saturated heterocycles. The van der Waals surface area contributed by atoms with Crippen LogP contribution in [-0.4, -0.2) is 274 Å². The van der Waals surface area contributed by atoms with Crippen molar-refractivity contribution in [2.45, 2.75) is 155 Å². The van der Waals surface area contributed by atoms with E-state index in [0.29, 0.717) is 56.4 Å². The van der Waals surface area contributed by atoms with E-state index in [1.54, 1.807) is 106 Å². The molecule has 2 fully saturated rings. The molecule has 12 amide bonds. The minimum absolute atomic E-state index is 0.00246. The highest BCUT2D eigenvalue weighted by Gasteiger charge is 2.44. The van der Waals surface area contributed by atoms with Crippen LogP contribution in [0.2, 0.25) is 0 Å². The highest BCUT2D eigenvalue weighted by Crippen LogP contribution is 2.30. The number of benzene rings is 2. The number of carbonyl (C=O) groups is 12. The van der Waals surface area contributed by atoms with Crippen LogP contribution in [0.4, 0.5) is 0 Å². The molecule has 0 unspecified atom stereocenters. The predicted molar refractivity (Wildman–Crippen MR) is 374 cm³/mol. The quantitative estimate of drug-likeness (QED) is 0.0462. The first kappa shape index (κ1) is 83.4. The number of imide groups is 1. The third-order valence-corrected chi connectivity index (χ3v) is 18.9. The molecule has 0 aromatic heterocycles. The first-order chi connectivity index (χ1) is 48.1. The van der Waals surface area contributed by atoms with Crippen molar-refractivity contribution >= 4 is 70.9 Å². The van der Waals surface area contributed by atoms with Gasteiger partial charge in [0.25, 0.3) is 11.8 Å². The molecule has 101 heavy (non-hydrogen) atoms. The molecule has 7 N–H and O–H groups in total. The van der Waals surface area contributed by atoms with Gasteiger partial charge in [0.2, 0.25) is 59.1 Å². The Kier molecular flexibility index (Phi) is 34.9. The number of ether oxygens (including phenoxy) is 4. The van der Waals surface area contributed by atoms with E-state index in [4.69, 9.17) is 18.9 Å². The Hall–Kier alpha value is -8.22. The van der Waals surface area contributed by atoms with Gasteiger partial charge in [0.1, 0.15) is 18.1 Å². The van der Waals surface area contributed by atoms with Crippen molar-refractivity contribution in [2.75, 3.05) is 120 Å². The van der Waals surface area contributed by atoms with Gasteiger partial charge in [0.05, 0.1) is 101 Å². The monoisotopic (exact) mass is 1410 g/mol. The summed E-state index contributed by atoms with van der Waals surface area (Å²) in [5, 5.41) is 27.1. The molecule has 0 saturated carbocycles. The van der Waals surface area contributed by atoms with Crippen LogP contribution in [0.5, 0.6) is 0 Å². The van der Waals surface area contributed by atoms with Crippen molar-refractivity contribution in [3.63, 3.8) is 0 Å². The second kappa shape index (κ2) is 42.3. The summed E-state index contributed by atoms with van der Waals surface area (Å²) in [4.78, 5) is 171. The first-order valence-electron chi connectivity index (χ1n) is 35.2. The van der Waals surface area contributed by atoms with Gasteiger partial charge in [-0.05, 0) is 55.1 Å². The molecule has 0 radical (unpaired) electrons. The van der Waals surface area contributed by atoms with Crippen LogP contribution in [0.15, 0.2) is 72.8 Å². The summed E-state index contributed by atoms with van der Waals surface area (Å²) < 4.78 is 23.6. The molecule has 3 aliphatic heterocycles. The number of aliphatic hydroxyl groups is 1. The van der Waals surface area contributed by atoms with E-state index in [-0.39, 0.29) is 95.5 Å². The zero-order valence-electron chi connectivity index (χ0n) is 60.9. The molecule has 29 heteroatoms. The maximum absolute atomic E-state index is 14.9. The zero-order chi connectivity index (χ0) is 74.5. The smallest absolute Gasteiger partial charge is 0.253 e. The number of nitrogens with zero attached hydrogens (tertiary/aromatic N) is 6. The van der Waals surface area contributed by atoms with Gasteiger partial charge in [-0.15, -0.1) is 0 Å². The van der Waals surface area contributed by atoms with Gasteiger partial charge in [0.15, 0.2) is 0 Å². The van der Waals surface area contributed by atoms with Gasteiger partial charge in [-0.1, -0.05) is 116 Å². The number of likely N-dealkylation sites (tertiary alicyclic amines) is 1. The molecule has 3 aliphatic rings. The Labute approximate surface area is 594 Å². The Morgan fingerprint density at radius 1 is 0.653 bits per heavy atom. The SMILES string of the molecule is CC[C@H](C)[C@@H]([C@@H](CC(=O)N1CCC[C@@H]1[C@H](OC)[C@@H](C)C(=O)N[C@H](C)[C@@H](O)c1ccccc1)OC)N(C)C(=O)[C@@H](NC(=O)[C@H](C(C)C)N(C)C(=O)CNC(=O)[C@H](Cc1ccccc1)NC(=O)CNC(=O)CNC(=O)CN1CCOCCN(C(=O)CCCN2C(=O)C=CC2=O)CCOCC1)C(C)C. The molecule has 2 aromatic carbocycles. The minimum atomic E-state index is -1.23. The highest BCUT2D eigenvalue weighted by molar-refractivity contribution is 6.12. The Bertz CT molecular complexity index is 3070. The van der Waals surface area contributed by atoms with Crippen LogP contribution in [0, 0.1) is 23.7 Å². The van der Waals surface area contributed by atoms with Crippen molar-refractivity contribution in [2.24, 2.45) is 23.7 Å². The maximum Gasteiger partial charge on any atom is 0.253 e. The third-order valence-electron chi connectivity index (χ3n) is 18.9. The summed E-state index contributed by atoms with van der Waals surface area (Å²) in [6.45, 7) is 15.4. The second-order valence-electron chi connectivity index (χ2n) is 26.9. The van der Waals surface area contributed by atoms with E-state index in [0.717, 1.165) is 4.90 Å². The third kappa shape index (κ3) is 25.7. The van der Waals surface area contributed by atoms with Crippen molar-refractivity contribution in [1.29, 1.82) is 0 Å². The van der Waals surface area contributed by atoms with Crippen molar-refractivity contribution in [3.05, 3.63) is 83.9 Å². The maximum atomic E-state index is 14.9. The van der Waals surface area contributed by atoms with Crippen LogP contribution in [0.1, 0.15) is 111 Å². The molecule has 560 valence electrons.